The highest BCUT2D eigenvalue weighted by atomic mass is 16.5. The predicted molar refractivity (Wildman–Crippen MR) is 73.6 cm³/mol. The van der Waals surface area contributed by atoms with Gasteiger partial charge in [-0.3, -0.25) is 4.79 Å². The van der Waals surface area contributed by atoms with Crippen LogP contribution < -0.4 is 10.6 Å². The van der Waals surface area contributed by atoms with E-state index >= 15 is 0 Å². The lowest BCUT2D eigenvalue weighted by atomic mass is 9.81. The Hall–Kier alpha value is -0.610. The Labute approximate surface area is 111 Å². The monoisotopic (exact) mass is 256 g/mol. The minimum Gasteiger partial charge on any atom is -0.380 e. The van der Waals surface area contributed by atoms with Crippen molar-refractivity contribution in [1.29, 1.82) is 0 Å². The van der Waals surface area contributed by atoms with Gasteiger partial charge in [0.05, 0.1) is 12.0 Å². The summed E-state index contributed by atoms with van der Waals surface area (Å²) in [5.74, 6) is 0.202. The maximum absolute atomic E-state index is 12.2. The van der Waals surface area contributed by atoms with Crippen molar-refractivity contribution < 1.29 is 9.53 Å². The Kier molecular flexibility index (Phi) is 7.28. The molecule has 1 aliphatic heterocycles. The van der Waals surface area contributed by atoms with E-state index in [0.717, 1.165) is 51.8 Å². The predicted octanol–water partition coefficient (Wildman–Crippen LogP) is 1.70. The van der Waals surface area contributed by atoms with Crippen LogP contribution in [0.4, 0.5) is 0 Å². The van der Waals surface area contributed by atoms with Crippen LogP contribution in [-0.2, 0) is 9.53 Å². The topological polar surface area (TPSA) is 50.4 Å². The summed E-state index contributed by atoms with van der Waals surface area (Å²) in [6, 6.07) is 0. The minimum atomic E-state index is -0.168. The van der Waals surface area contributed by atoms with Gasteiger partial charge in [0.25, 0.3) is 0 Å². The van der Waals surface area contributed by atoms with E-state index in [2.05, 4.69) is 24.5 Å². The summed E-state index contributed by atoms with van der Waals surface area (Å²) in [6.45, 7) is 8.13. The van der Waals surface area contributed by atoms with Crippen molar-refractivity contribution in [3.63, 3.8) is 0 Å². The van der Waals surface area contributed by atoms with Crippen molar-refractivity contribution in [2.75, 3.05) is 32.8 Å². The molecule has 1 heterocycles. The van der Waals surface area contributed by atoms with Gasteiger partial charge in [-0.05, 0) is 25.8 Å². The molecule has 4 heteroatoms. The van der Waals surface area contributed by atoms with E-state index in [0.29, 0.717) is 13.2 Å². The Bertz CT molecular complexity index is 238. The summed E-state index contributed by atoms with van der Waals surface area (Å²) in [5.41, 5.74) is -0.168. The van der Waals surface area contributed by atoms with Crippen molar-refractivity contribution in [1.82, 2.24) is 10.6 Å². The molecule has 0 saturated carbocycles. The van der Waals surface area contributed by atoms with E-state index in [-0.39, 0.29) is 11.3 Å². The van der Waals surface area contributed by atoms with Crippen molar-refractivity contribution in [2.24, 2.45) is 5.41 Å². The molecule has 18 heavy (non-hydrogen) atoms. The molecular weight excluding hydrogens is 228 g/mol. The molecule has 4 nitrogen and oxygen atoms in total. The third-order valence-electron chi connectivity index (χ3n) is 3.63. The van der Waals surface area contributed by atoms with Crippen LogP contribution >= 0.6 is 0 Å². The summed E-state index contributed by atoms with van der Waals surface area (Å²) in [5, 5.41) is 6.33. The normalized spacial score (nSPS) is 23.2. The molecule has 106 valence electrons. The zero-order valence-corrected chi connectivity index (χ0v) is 11.9. The molecule has 0 bridgehead atoms. The summed E-state index contributed by atoms with van der Waals surface area (Å²) >= 11 is 0. The Balaban J connectivity index is 2.21. The number of rotatable bonds is 9. The number of hydrogen-bond donors (Lipinski definition) is 2. The van der Waals surface area contributed by atoms with Gasteiger partial charge in [-0.15, -0.1) is 0 Å². The third kappa shape index (κ3) is 4.58. The van der Waals surface area contributed by atoms with Crippen LogP contribution in [0.1, 0.15) is 46.0 Å². The molecule has 0 aromatic heterocycles. The smallest absolute Gasteiger partial charge is 0.227 e. The number of nitrogens with one attached hydrogen (secondary N) is 2. The molecular formula is C14H28N2O2. The van der Waals surface area contributed by atoms with E-state index in [1.807, 2.05) is 0 Å². The van der Waals surface area contributed by atoms with Gasteiger partial charge in [0.15, 0.2) is 0 Å². The van der Waals surface area contributed by atoms with Crippen molar-refractivity contribution in [2.45, 2.75) is 46.0 Å². The zero-order valence-electron chi connectivity index (χ0n) is 11.9. The number of amides is 1. The first-order valence-corrected chi connectivity index (χ1v) is 7.32. The fourth-order valence-corrected chi connectivity index (χ4v) is 2.52. The van der Waals surface area contributed by atoms with Gasteiger partial charge in [0.1, 0.15) is 0 Å². The molecule has 1 unspecified atom stereocenters. The van der Waals surface area contributed by atoms with Gasteiger partial charge >= 0.3 is 0 Å². The van der Waals surface area contributed by atoms with E-state index in [1.165, 1.54) is 0 Å². The molecule has 1 rings (SSSR count). The molecule has 0 spiro atoms. The number of carbonyl (C=O) groups excluding carboxylic acids is 1. The van der Waals surface area contributed by atoms with E-state index in [4.69, 9.17) is 4.74 Å². The maximum atomic E-state index is 12.2. The average molecular weight is 256 g/mol. The fraction of sp³-hybridized carbons (Fsp3) is 0.929. The molecule has 1 saturated heterocycles. The molecule has 1 amide bonds. The molecule has 1 fully saturated rings. The second-order valence-electron chi connectivity index (χ2n) is 5.18. The van der Waals surface area contributed by atoms with Crippen LogP contribution in [0.3, 0.4) is 0 Å². The van der Waals surface area contributed by atoms with E-state index in [1.54, 1.807) is 0 Å². The van der Waals surface area contributed by atoms with Crippen LogP contribution in [0.5, 0.6) is 0 Å². The first kappa shape index (κ1) is 15.4. The first-order valence-electron chi connectivity index (χ1n) is 7.32. The highest BCUT2D eigenvalue weighted by Gasteiger charge is 2.39. The summed E-state index contributed by atoms with van der Waals surface area (Å²) in [4.78, 5) is 12.2. The van der Waals surface area contributed by atoms with Crippen LogP contribution in [0.2, 0.25) is 0 Å². The van der Waals surface area contributed by atoms with Gasteiger partial charge in [-0.1, -0.05) is 26.7 Å². The van der Waals surface area contributed by atoms with Gasteiger partial charge in [0, 0.05) is 19.7 Å². The zero-order chi connectivity index (χ0) is 13.3. The lowest BCUT2D eigenvalue weighted by Gasteiger charge is -2.26. The van der Waals surface area contributed by atoms with Gasteiger partial charge in [-0.25, -0.2) is 0 Å². The van der Waals surface area contributed by atoms with Crippen LogP contribution in [-0.4, -0.2) is 38.8 Å². The third-order valence-corrected chi connectivity index (χ3v) is 3.63. The number of hydrogen-bond acceptors (Lipinski definition) is 3. The molecule has 0 aromatic carbocycles. The molecule has 0 aliphatic carbocycles. The largest absolute Gasteiger partial charge is 0.380 e. The van der Waals surface area contributed by atoms with Crippen molar-refractivity contribution in [3.05, 3.63) is 0 Å². The summed E-state index contributed by atoms with van der Waals surface area (Å²) in [7, 11) is 0. The summed E-state index contributed by atoms with van der Waals surface area (Å²) < 4.78 is 5.45. The molecule has 1 aliphatic rings. The second kappa shape index (κ2) is 8.48. The van der Waals surface area contributed by atoms with Crippen molar-refractivity contribution >= 4 is 5.91 Å². The number of carbonyl (C=O) groups is 1. The number of unbranched alkanes of at least 4 members (excludes halogenated alkanes) is 1. The molecule has 2 N–H and O–H groups in total. The summed E-state index contributed by atoms with van der Waals surface area (Å²) in [6.07, 6.45) is 5.24. The second-order valence-corrected chi connectivity index (χ2v) is 5.18. The lowest BCUT2D eigenvalue weighted by Crippen LogP contribution is -2.43. The number of ether oxygens (including phenoxy) is 1. The standard InChI is InChI=1S/C14H28N2O2/c1-3-5-10-18-11-9-16-13(17)14(6-4-2)7-8-15-12-14/h15H,3-12H2,1-2H3,(H,16,17). The Morgan fingerprint density at radius 3 is 2.78 bits per heavy atom. The van der Waals surface area contributed by atoms with Crippen LogP contribution in [0.25, 0.3) is 0 Å². The Morgan fingerprint density at radius 2 is 2.17 bits per heavy atom. The maximum Gasteiger partial charge on any atom is 0.227 e. The SMILES string of the molecule is CCCCOCCNC(=O)C1(CCC)CCNC1. The fourth-order valence-electron chi connectivity index (χ4n) is 2.52. The van der Waals surface area contributed by atoms with Crippen molar-refractivity contribution in [3.8, 4) is 0 Å². The molecule has 1 atom stereocenters. The quantitative estimate of drug-likeness (QED) is 0.617. The lowest BCUT2D eigenvalue weighted by molar-refractivity contribution is -0.130. The highest BCUT2D eigenvalue weighted by molar-refractivity contribution is 5.83. The van der Waals surface area contributed by atoms with Gasteiger partial charge < -0.3 is 15.4 Å². The van der Waals surface area contributed by atoms with Gasteiger partial charge in [-0.2, -0.15) is 0 Å². The average Bonchev–Trinajstić information content (AvgIpc) is 2.83. The minimum absolute atomic E-state index is 0.168. The van der Waals surface area contributed by atoms with Crippen LogP contribution in [0, 0.1) is 5.41 Å². The molecule has 0 radical (unpaired) electrons. The van der Waals surface area contributed by atoms with Crippen LogP contribution in [0.15, 0.2) is 0 Å². The Morgan fingerprint density at radius 1 is 1.33 bits per heavy atom. The van der Waals surface area contributed by atoms with E-state index < -0.39 is 0 Å². The first-order chi connectivity index (χ1) is 8.75. The van der Waals surface area contributed by atoms with Gasteiger partial charge in [0.2, 0.25) is 5.91 Å². The van der Waals surface area contributed by atoms with E-state index in [9.17, 15) is 4.79 Å². The molecule has 0 aromatic rings. The highest BCUT2D eigenvalue weighted by Crippen LogP contribution is 2.31.